The SMILES string of the molecule is CCCC(=O)Nc1ccc(CN=C(N)N2CCSCC2)cc1.I. The lowest BCUT2D eigenvalue weighted by Crippen LogP contribution is -2.42. The fraction of sp³-hybridized carbons (Fsp3) is 0.500. The molecule has 0 atom stereocenters. The second kappa shape index (κ2) is 10.7. The molecule has 1 heterocycles. The molecule has 23 heavy (non-hydrogen) atoms. The Bertz CT molecular complexity index is 515. The number of carbonyl (C=O) groups excluding carboxylic acids is 1. The van der Waals surface area contributed by atoms with Crippen LogP contribution in [0.1, 0.15) is 25.3 Å². The molecular weight excluding hydrogens is 423 g/mol. The third kappa shape index (κ3) is 6.99. The molecule has 1 fully saturated rings. The van der Waals surface area contributed by atoms with Crippen LogP contribution in [0.3, 0.4) is 0 Å². The van der Waals surface area contributed by atoms with Gasteiger partial charge in [-0.2, -0.15) is 11.8 Å². The van der Waals surface area contributed by atoms with Crippen LogP contribution >= 0.6 is 35.7 Å². The summed E-state index contributed by atoms with van der Waals surface area (Å²) in [4.78, 5) is 18.1. The molecule has 0 spiro atoms. The van der Waals surface area contributed by atoms with Crippen molar-refractivity contribution in [1.82, 2.24) is 4.90 Å². The second-order valence-corrected chi connectivity index (χ2v) is 6.49. The van der Waals surface area contributed by atoms with Gasteiger partial charge >= 0.3 is 0 Å². The fourth-order valence-electron chi connectivity index (χ4n) is 2.21. The number of nitrogens with zero attached hydrogens (tertiary/aromatic N) is 2. The number of nitrogens with two attached hydrogens (primary N) is 1. The summed E-state index contributed by atoms with van der Waals surface area (Å²) in [6, 6.07) is 7.77. The first-order valence-electron chi connectivity index (χ1n) is 7.70. The van der Waals surface area contributed by atoms with Crippen LogP contribution in [0, 0.1) is 0 Å². The van der Waals surface area contributed by atoms with Crippen LogP contribution in [0.25, 0.3) is 0 Å². The lowest BCUT2D eigenvalue weighted by atomic mass is 10.2. The van der Waals surface area contributed by atoms with Crippen molar-refractivity contribution in [3.05, 3.63) is 29.8 Å². The lowest BCUT2D eigenvalue weighted by Gasteiger charge is -2.27. The molecule has 0 aromatic heterocycles. The third-order valence-electron chi connectivity index (χ3n) is 3.47. The average molecular weight is 448 g/mol. The van der Waals surface area contributed by atoms with Gasteiger partial charge in [0.1, 0.15) is 0 Å². The molecular formula is C16H25IN4OS. The third-order valence-corrected chi connectivity index (χ3v) is 4.42. The van der Waals surface area contributed by atoms with E-state index in [4.69, 9.17) is 5.73 Å². The summed E-state index contributed by atoms with van der Waals surface area (Å²) in [6.07, 6.45) is 1.41. The summed E-state index contributed by atoms with van der Waals surface area (Å²) in [5, 5.41) is 2.88. The number of thioether (sulfide) groups is 1. The summed E-state index contributed by atoms with van der Waals surface area (Å²) >= 11 is 1.95. The van der Waals surface area contributed by atoms with Gasteiger partial charge in [-0.1, -0.05) is 19.1 Å². The largest absolute Gasteiger partial charge is 0.370 e. The van der Waals surface area contributed by atoms with E-state index in [0.717, 1.165) is 42.3 Å². The van der Waals surface area contributed by atoms with Crippen LogP contribution in [-0.2, 0) is 11.3 Å². The van der Waals surface area contributed by atoms with Crippen molar-refractivity contribution >= 4 is 53.3 Å². The molecule has 0 unspecified atom stereocenters. The highest BCUT2D eigenvalue weighted by atomic mass is 127. The maximum atomic E-state index is 11.5. The predicted octanol–water partition coefficient (Wildman–Crippen LogP) is 2.91. The van der Waals surface area contributed by atoms with Crippen molar-refractivity contribution in [2.45, 2.75) is 26.3 Å². The number of nitrogens with one attached hydrogen (secondary N) is 1. The smallest absolute Gasteiger partial charge is 0.224 e. The van der Waals surface area contributed by atoms with Crippen molar-refractivity contribution in [2.75, 3.05) is 29.9 Å². The van der Waals surface area contributed by atoms with Crippen molar-refractivity contribution in [3.8, 4) is 0 Å². The Morgan fingerprint density at radius 2 is 1.96 bits per heavy atom. The summed E-state index contributed by atoms with van der Waals surface area (Å²) in [5.41, 5.74) is 7.95. The minimum atomic E-state index is 0. The summed E-state index contributed by atoms with van der Waals surface area (Å²) in [6.45, 7) is 4.51. The van der Waals surface area contributed by atoms with Gasteiger partial charge in [-0.05, 0) is 24.1 Å². The Morgan fingerprint density at radius 1 is 1.30 bits per heavy atom. The van der Waals surface area contributed by atoms with Gasteiger partial charge in [0.05, 0.1) is 6.54 Å². The van der Waals surface area contributed by atoms with E-state index in [1.807, 2.05) is 43.0 Å². The Balaban J connectivity index is 0.00000264. The number of hydrogen-bond acceptors (Lipinski definition) is 3. The normalized spacial score (nSPS) is 15.0. The number of halogens is 1. The van der Waals surface area contributed by atoms with Gasteiger partial charge < -0.3 is 16.0 Å². The number of carbonyl (C=O) groups is 1. The highest BCUT2D eigenvalue weighted by Crippen LogP contribution is 2.12. The summed E-state index contributed by atoms with van der Waals surface area (Å²) < 4.78 is 0. The van der Waals surface area contributed by atoms with E-state index < -0.39 is 0 Å². The quantitative estimate of drug-likeness (QED) is 0.413. The Kier molecular flexibility index (Phi) is 9.39. The number of benzene rings is 1. The van der Waals surface area contributed by atoms with E-state index in [1.54, 1.807) is 0 Å². The molecule has 1 saturated heterocycles. The van der Waals surface area contributed by atoms with E-state index in [9.17, 15) is 4.79 Å². The van der Waals surface area contributed by atoms with Crippen LogP contribution in [-0.4, -0.2) is 41.4 Å². The molecule has 0 saturated carbocycles. The molecule has 0 radical (unpaired) electrons. The van der Waals surface area contributed by atoms with Gasteiger partial charge in [0, 0.05) is 36.7 Å². The minimum absolute atomic E-state index is 0. The second-order valence-electron chi connectivity index (χ2n) is 5.27. The monoisotopic (exact) mass is 448 g/mol. The first-order valence-corrected chi connectivity index (χ1v) is 8.86. The van der Waals surface area contributed by atoms with Gasteiger partial charge in [-0.15, -0.1) is 24.0 Å². The number of aliphatic imine (C=N–C) groups is 1. The van der Waals surface area contributed by atoms with Gasteiger partial charge in [0.15, 0.2) is 5.96 Å². The number of anilines is 1. The minimum Gasteiger partial charge on any atom is -0.370 e. The maximum Gasteiger partial charge on any atom is 0.224 e. The van der Waals surface area contributed by atoms with Crippen molar-refractivity contribution in [3.63, 3.8) is 0 Å². The van der Waals surface area contributed by atoms with Crippen molar-refractivity contribution < 1.29 is 4.79 Å². The predicted molar refractivity (Wildman–Crippen MR) is 110 cm³/mol. The van der Waals surface area contributed by atoms with Crippen LogP contribution in [0.5, 0.6) is 0 Å². The van der Waals surface area contributed by atoms with Gasteiger partial charge in [-0.3, -0.25) is 4.79 Å². The summed E-state index contributed by atoms with van der Waals surface area (Å²) in [7, 11) is 0. The Morgan fingerprint density at radius 3 is 2.57 bits per heavy atom. The number of hydrogen-bond donors (Lipinski definition) is 2. The Hall–Kier alpha value is -0.960. The van der Waals surface area contributed by atoms with E-state index in [-0.39, 0.29) is 29.9 Å². The molecule has 7 heteroatoms. The fourth-order valence-corrected chi connectivity index (χ4v) is 3.11. The summed E-state index contributed by atoms with van der Waals surface area (Å²) in [5.74, 6) is 2.91. The molecule has 1 aliphatic rings. The standard InChI is InChI=1S/C16H24N4OS.HI/c1-2-3-15(21)19-14-6-4-13(5-7-14)12-18-16(17)20-8-10-22-11-9-20;/h4-7H,2-3,8-12H2,1H3,(H2,17,18)(H,19,21);1H. The van der Waals surface area contributed by atoms with E-state index in [1.165, 1.54) is 0 Å². The number of rotatable bonds is 5. The number of amides is 1. The van der Waals surface area contributed by atoms with Crippen LogP contribution in [0.2, 0.25) is 0 Å². The van der Waals surface area contributed by atoms with Gasteiger partial charge in [0.2, 0.25) is 5.91 Å². The molecule has 1 aromatic rings. The molecule has 0 bridgehead atoms. The first-order chi connectivity index (χ1) is 10.7. The van der Waals surface area contributed by atoms with E-state index in [0.29, 0.717) is 18.9 Å². The van der Waals surface area contributed by atoms with Crippen molar-refractivity contribution in [1.29, 1.82) is 0 Å². The average Bonchev–Trinajstić information content (AvgIpc) is 2.55. The zero-order chi connectivity index (χ0) is 15.8. The van der Waals surface area contributed by atoms with E-state index >= 15 is 0 Å². The van der Waals surface area contributed by atoms with Gasteiger partial charge in [0.25, 0.3) is 0 Å². The molecule has 1 amide bonds. The molecule has 1 aromatic carbocycles. The highest BCUT2D eigenvalue weighted by molar-refractivity contribution is 14.0. The lowest BCUT2D eigenvalue weighted by molar-refractivity contribution is -0.116. The molecule has 2 rings (SSSR count). The van der Waals surface area contributed by atoms with E-state index in [2.05, 4.69) is 15.2 Å². The number of guanidine groups is 1. The molecule has 128 valence electrons. The van der Waals surface area contributed by atoms with Crippen LogP contribution in [0.4, 0.5) is 5.69 Å². The molecule has 0 aliphatic carbocycles. The van der Waals surface area contributed by atoms with Crippen LogP contribution in [0.15, 0.2) is 29.3 Å². The maximum absolute atomic E-state index is 11.5. The molecule has 5 nitrogen and oxygen atoms in total. The van der Waals surface area contributed by atoms with Crippen LogP contribution < -0.4 is 11.1 Å². The molecule has 1 aliphatic heterocycles. The van der Waals surface area contributed by atoms with Gasteiger partial charge in [-0.25, -0.2) is 4.99 Å². The molecule has 3 N–H and O–H groups in total. The highest BCUT2D eigenvalue weighted by Gasteiger charge is 2.11. The Labute approximate surface area is 159 Å². The zero-order valence-electron chi connectivity index (χ0n) is 13.5. The topological polar surface area (TPSA) is 70.7 Å². The van der Waals surface area contributed by atoms with Crippen molar-refractivity contribution in [2.24, 2.45) is 10.7 Å². The zero-order valence-corrected chi connectivity index (χ0v) is 16.6. The first kappa shape index (κ1) is 20.1.